The van der Waals surface area contributed by atoms with Crippen molar-refractivity contribution in [3.63, 3.8) is 0 Å². The maximum Gasteiger partial charge on any atom is 0.266 e. The van der Waals surface area contributed by atoms with Crippen molar-refractivity contribution in [3.8, 4) is 6.07 Å². The molecule has 0 aliphatic heterocycles. The third-order valence-corrected chi connectivity index (χ3v) is 4.18. The molecule has 0 saturated carbocycles. The van der Waals surface area contributed by atoms with Gasteiger partial charge < -0.3 is 4.98 Å². The van der Waals surface area contributed by atoms with Gasteiger partial charge in [-0.15, -0.1) is 0 Å². The van der Waals surface area contributed by atoms with E-state index in [-0.39, 0.29) is 11.0 Å². The maximum absolute atomic E-state index is 11.7. The van der Waals surface area contributed by atoms with Gasteiger partial charge in [0.1, 0.15) is 11.6 Å². The van der Waals surface area contributed by atoms with Crippen LogP contribution in [-0.2, 0) is 12.8 Å². The molecular weight excluding hydrogens is 224 g/mol. The number of nitrogens with one attached hydrogen (secondary N) is 1. The van der Waals surface area contributed by atoms with Crippen LogP contribution >= 0.6 is 0 Å². The Hall–Kier alpha value is -1.56. The Morgan fingerprint density at radius 1 is 1.33 bits per heavy atom. The van der Waals surface area contributed by atoms with Crippen molar-refractivity contribution in [2.24, 2.45) is 11.3 Å². The summed E-state index contributed by atoms with van der Waals surface area (Å²) in [5.74, 6) is 0.612. The van der Waals surface area contributed by atoms with Crippen molar-refractivity contribution in [1.82, 2.24) is 4.98 Å². The van der Waals surface area contributed by atoms with Crippen molar-refractivity contribution in [1.29, 1.82) is 5.26 Å². The largest absolute Gasteiger partial charge is 0.325 e. The molecule has 3 heteroatoms. The zero-order valence-corrected chi connectivity index (χ0v) is 11.6. The fourth-order valence-corrected chi connectivity index (χ4v) is 2.90. The Morgan fingerprint density at radius 3 is 2.56 bits per heavy atom. The smallest absolute Gasteiger partial charge is 0.266 e. The lowest BCUT2D eigenvalue weighted by Gasteiger charge is -2.35. The average Bonchev–Trinajstić information content (AvgIpc) is 2.27. The molecule has 18 heavy (non-hydrogen) atoms. The van der Waals surface area contributed by atoms with E-state index in [0.717, 1.165) is 30.5 Å². The summed E-state index contributed by atoms with van der Waals surface area (Å²) in [7, 11) is 0. The first-order valence-electron chi connectivity index (χ1n) is 6.49. The van der Waals surface area contributed by atoms with Gasteiger partial charge in [-0.2, -0.15) is 5.26 Å². The number of H-pyrrole nitrogens is 1. The minimum Gasteiger partial charge on any atom is -0.325 e. The molecule has 0 saturated heterocycles. The predicted molar refractivity (Wildman–Crippen MR) is 71.5 cm³/mol. The molecule has 0 amide bonds. The van der Waals surface area contributed by atoms with Crippen LogP contribution in [0.15, 0.2) is 4.79 Å². The summed E-state index contributed by atoms with van der Waals surface area (Å²) >= 11 is 0. The van der Waals surface area contributed by atoms with Crippen LogP contribution in [0.2, 0.25) is 0 Å². The molecule has 3 nitrogen and oxygen atoms in total. The van der Waals surface area contributed by atoms with E-state index in [4.69, 9.17) is 5.26 Å². The quantitative estimate of drug-likeness (QED) is 0.762. The molecule has 0 radical (unpaired) electrons. The van der Waals surface area contributed by atoms with Gasteiger partial charge in [-0.25, -0.2) is 0 Å². The highest BCUT2D eigenvalue weighted by atomic mass is 16.1. The minimum atomic E-state index is -0.233. The Bertz CT molecular complexity index is 570. The van der Waals surface area contributed by atoms with Gasteiger partial charge in [0.15, 0.2) is 0 Å². The van der Waals surface area contributed by atoms with Crippen LogP contribution in [0.3, 0.4) is 0 Å². The molecule has 1 unspecified atom stereocenters. The number of aromatic amines is 1. The zero-order chi connectivity index (χ0) is 13.5. The molecule has 1 N–H and O–H groups in total. The summed E-state index contributed by atoms with van der Waals surface area (Å²) in [6.07, 6.45) is 2.88. The van der Waals surface area contributed by atoms with Crippen molar-refractivity contribution < 1.29 is 0 Å². The van der Waals surface area contributed by atoms with Gasteiger partial charge in [0.05, 0.1) is 0 Å². The highest BCUT2D eigenvalue weighted by Gasteiger charge is 2.31. The van der Waals surface area contributed by atoms with E-state index in [1.165, 1.54) is 5.56 Å². The molecular formula is C15H20N2O. The van der Waals surface area contributed by atoms with Gasteiger partial charge in [0.25, 0.3) is 5.56 Å². The highest BCUT2D eigenvalue weighted by Crippen LogP contribution is 2.38. The number of hydrogen-bond donors (Lipinski definition) is 1. The Balaban J connectivity index is 2.52. The Kier molecular flexibility index (Phi) is 3.06. The van der Waals surface area contributed by atoms with Crippen LogP contribution in [-0.4, -0.2) is 4.98 Å². The average molecular weight is 244 g/mol. The van der Waals surface area contributed by atoms with E-state index in [2.05, 4.69) is 31.8 Å². The van der Waals surface area contributed by atoms with Crippen LogP contribution in [0, 0.1) is 29.6 Å². The van der Waals surface area contributed by atoms with Gasteiger partial charge >= 0.3 is 0 Å². The van der Waals surface area contributed by atoms with Gasteiger partial charge in [-0.05, 0) is 48.6 Å². The molecule has 1 atom stereocenters. The van der Waals surface area contributed by atoms with Gasteiger partial charge in [-0.3, -0.25) is 4.79 Å². The van der Waals surface area contributed by atoms with E-state index >= 15 is 0 Å². The van der Waals surface area contributed by atoms with E-state index < -0.39 is 0 Å². The van der Waals surface area contributed by atoms with Crippen LogP contribution in [0.1, 0.15) is 49.6 Å². The first kappa shape index (κ1) is 12.9. The molecule has 1 aromatic heterocycles. The van der Waals surface area contributed by atoms with E-state index in [1.54, 1.807) is 0 Å². The summed E-state index contributed by atoms with van der Waals surface area (Å²) in [5.41, 5.74) is 3.47. The Labute approximate surface area is 108 Å². The van der Waals surface area contributed by atoms with E-state index in [9.17, 15) is 4.79 Å². The molecule has 1 aliphatic rings. The molecule has 0 aromatic carbocycles. The summed E-state index contributed by atoms with van der Waals surface area (Å²) in [5, 5.41) is 9.12. The molecule has 0 spiro atoms. The lowest BCUT2D eigenvalue weighted by Crippen LogP contribution is -2.30. The normalized spacial score (nSPS) is 19.2. The number of nitrogens with zero attached hydrogens (tertiary/aromatic N) is 1. The van der Waals surface area contributed by atoms with Gasteiger partial charge in [-0.1, -0.05) is 20.8 Å². The van der Waals surface area contributed by atoms with Gasteiger partial charge in [0.2, 0.25) is 0 Å². The standard InChI is InChI=1S/C15H20N2O/c1-9-12-7-10(15(2,3)4)5-6-11(12)13(8-16)14(18)17-9/h10H,5-7H2,1-4H3,(H,17,18). The number of aryl methyl sites for hydroxylation is 1. The monoisotopic (exact) mass is 244 g/mol. The second-order valence-electron chi connectivity index (χ2n) is 6.33. The number of nitriles is 1. The first-order valence-corrected chi connectivity index (χ1v) is 6.49. The SMILES string of the molecule is Cc1[nH]c(=O)c(C#N)c2c1CC(C(C)(C)C)CC2. The van der Waals surface area contributed by atoms with Crippen LogP contribution < -0.4 is 5.56 Å². The topological polar surface area (TPSA) is 56.6 Å². The fraction of sp³-hybridized carbons (Fsp3) is 0.600. The Morgan fingerprint density at radius 2 is 2.00 bits per heavy atom. The fourth-order valence-electron chi connectivity index (χ4n) is 2.90. The number of pyridine rings is 1. The van der Waals surface area contributed by atoms with Gasteiger partial charge in [0, 0.05) is 5.69 Å². The highest BCUT2D eigenvalue weighted by molar-refractivity contribution is 5.44. The molecule has 1 aliphatic carbocycles. The minimum absolute atomic E-state index is 0.233. The lowest BCUT2D eigenvalue weighted by molar-refractivity contribution is 0.215. The van der Waals surface area contributed by atoms with Crippen LogP contribution in [0.5, 0.6) is 0 Å². The number of aromatic nitrogens is 1. The maximum atomic E-state index is 11.7. The molecule has 1 heterocycles. The van der Waals surface area contributed by atoms with E-state index in [0.29, 0.717) is 11.5 Å². The third-order valence-electron chi connectivity index (χ3n) is 4.18. The zero-order valence-electron chi connectivity index (χ0n) is 11.6. The predicted octanol–water partition coefficient (Wildman–Crippen LogP) is 2.71. The van der Waals surface area contributed by atoms with Crippen LogP contribution in [0.4, 0.5) is 0 Å². The molecule has 0 fully saturated rings. The molecule has 0 bridgehead atoms. The van der Waals surface area contributed by atoms with E-state index in [1.807, 2.05) is 6.92 Å². The second-order valence-corrected chi connectivity index (χ2v) is 6.33. The third kappa shape index (κ3) is 2.08. The molecule has 1 aromatic rings. The summed E-state index contributed by atoms with van der Waals surface area (Å²) < 4.78 is 0. The second kappa shape index (κ2) is 4.28. The van der Waals surface area contributed by atoms with Crippen molar-refractivity contribution in [2.75, 3.05) is 0 Å². The number of fused-ring (bicyclic) bond motifs is 1. The van der Waals surface area contributed by atoms with Crippen molar-refractivity contribution in [3.05, 3.63) is 32.7 Å². The van der Waals surface area contributed by atoms with Crippen molar-refractivity contribution >= 4 is 0 Å². The summed E-state index contributed by atoms with van der Waals surface area (Å²) in [6, 6.07) is 2.06. The molecule has 96 valence electrons. The number of hydrogen-bond acceptors (Lipinski definition) is 2. The van der Waals surface area contributed by atoms with Crippen LogP contribution in [0.25, 0.3) is 0 Å². The number of rotatable bonds is 0. The summed E-state index contributed by atoms with van der Waals surface area (Å²) in [6.45, 7) is 8.71. The summed E-state index contributed by atoms with van der Waals surface area (Å²) in [4.78, 5) is 14.6. The molecule has 2 rings (SSSR count). The lowest BCUT2D eigenvalue weighted by atomic mass is 9.70. The van der Waals surface area contributed by atoms with Crippen molar-refractivity contribution in [2.45, 2.75) is 47.0 Å². The first-order chi connectivity index (χ1) is 8.34.